The van der Waals surface area contributed by atoms with Gasteiger partial charge >= 0.3 is 0 Å². The van der Waals surface area contributed by atoms with Gasteiger partial charge in [0.2, 0.25) is 0 Å². The van der Waals surface area contributed by atoms with Crippen LogP contribution in [0, 0.1) is 0 Å². The highest BCUT2D eigenvalue weighted by Crippen LogP contribution is 2.09. The van der Waals surface area contributed by atoms with E-state index in [-0.39, 0.29) is 5.54 Å². The smallest absolute Gasteiger partial charge is 0.0740 e. The van der Waals surface area contributed by atoms with Gasteiger partial charge in [-0.05, 0) is 36.4 Å². The minimum Gasteiger partial charge on any atom is -0.283 e. The second-order valence-electron chi connectivity index (χ2n) is 3.87. The van der Waals surface area contributed by atoms with E-state index in [1.807, 2.05) is 6.21 Å². The SMILES string of the molecule is CC1(C)C=c2ccccc2=CC=N1. The van der Waals surface area contributed by atoms with Crippen LogP contribution in [0.1, 0.15) is 13.8 Å². The molecule has 66 valence electrons. The zero-order valence-corrected chi connectivity index (χ0v) is 7.99. The zero-order chi connectivity index (χ0) is 9.31. The van der Waals surface area contributed by atoms with Crippen molar-refractivity contribution in [1.82, 2.24) is 0 Å². The van der Waals surface area contributed by atoms with E-state index in [9.17, 15) is 0 Å². The Morgan fingerprint density at radius 1 is 1.08 bits per heavy atom. The molecule has 1 heterocycles. The molecule has 1 aliphatic heterocycles. The Bertz CT molecular complexity index is 452. The molecule has 2 rings (SSSR count). The fourth-order valence-electron chi connectivity index (χ4n) is 1.52. The fourth-order valence-corrected chi connectivity index (χ4v) is 1.52. The molecule has 0 amide bonds. The van der Waals surface area contributed by atoms with Crippen molar-refractivity contribution in [2.45, 2.75) is 19.4 Å². The summed E-state index contributed by atoms with van der Waals surface area (Å²) in [5.41, 5.74) is -0.0803. The van der Waals surface area contributed by atoms with Crippen LogP contribution in [0.5, 0.6) is 0 Å². The lowest BCUT2D eigenvalue weighted by Gasteiger charge is -2.12. The lowest BCUT2D eigenvalue weighted by molar-refractivity contribution is 0.701. The van der Waals surface area contributed by atoms with Gasteiger partial charge in [-0.25, -0.2) is 0 Å². The number of benzene rings is 1. The third-order valence-electron chi connectivity index (χ3n) is 2.17. The first-order valence-corrected chi connectivity index (χ1v) is 4.51. The average molecular weight is 171 g/mol. The Balaban J connectivity index is 2.77. The van der Waals surface area contributed by atoms with Crippen molar-refractivity contribution >= 4 is 18.4 Å². The second-order valence-corrected chi connectivity index (χ2v) is 3.87. The first kappa shape index (κ1) is 8.24. The lowest BCUT2D eigenvalue weighted by atomic mass is 10.0. The molecule has 1 heteroatoms. The number of rotatable bonds is 0. The van der Waals surface area contributed by atoms with Gasteiger partial charge < -0.3 is 0 Å². The molecule has 0 spiro atoms. The largest absolute Gasteiger partial charge is 0.283 e. The van der Waals surface area contributed by atoms with Gasteiger partial charge in [-0.3, -0.25) is 4.99 Å². The molecule has 0 bridgehead atoms. The molecule has 0 N–H and O–H groups in total. The zero-order valence-electron chi connectivity index (χ0n) is 7.99. The van der Waals surface area contributed by atoms with Crippen molar-refractivity contribution in [2.75, 3.05) is 0 Å². The highest BCUT2D eigenvalue weighted by Gasteiger charge is 2.10. The van der Waals surface area contributed by atoms with Crippen LogP contribution in [0.4, 0.5) is 0 Å². The first-order valence-electron chi connectivity index (χ1n) is 4.51. The molecule has 13 heavy (non-hydrogen) atoms. The molecule has 0 fully saturated rings. The Hall–Kier alpha value is -1.37. The minimum absolute atomic E-state index is 0.0803. The van der Waals surface area contributed by atoms with Gasteiger partial charge in [-0.15, -0.1) is 0 Å². The van der Waals surface area contributed by atoms with Crippen LogP contribution >= 0.6 is 0 Å². The summed E-state index contributed by atoms with van der Waals surface area (Å²) in [6.45, 7) is 4.22. The summed E-state index contributed by atoms with van der Waals surface area (Å²) in [6, 6.07) is 8.35. The van der Waals surface area contributed by atoms with Crippen LogP contribution in [0.3, 0.4) is 0 Å². The maximum atomic E-state index is 4.43. The van der Waals surface area contributed by atoms with Gasteiger partial charge in [0.1, 0.15) is 0 Å². The van der Waals surface area contributed by atoms with E-state index in [0.717, 1.165) is 0 Å². The van der Waals surface area contributed by atoms with Crippen molar-refractivity contribution in [3.05, 3.63) is 34.7 Å². The van der Waals surface area contributed by atoms with Gasteiger partial charge in [0.25, 0.3) is 0 Å². The van der Waals surface area contributed by atoms with Crippen LogP contribution in [-0.2, 0) is 0 Å². The van der Waals surface area contributed by atoms with Crippen molar-refractivity contribution in [3.8, 4) is 0 Å². The van der Waals surface area contributed by atoms with Crippen molar-refractivity contribution in [2.24, 2.45) is 4.99 Å². The summed E-state index contributed by atoms with van der Waals surface area (Å²) in [5.74, 6) is 0. The van der Waals surface area contributed by atoms with E-state index in [0.29, 0.717) is 0 Å². The molecule has 1 aromatic carbocycles. The molecule has 0 saturated heterocycles. The van der Waals surface area contributed by atoms with Gasteiger partial charge in [-0.2, -0.15) is 0 Å². The minimum atomic E-state index is -0.0803. The van der Waals surface area contributed by atoms with Gasteiger partial charge in [0.05, 0.1) is 5.54 Å². The van der Waals surface area contributed by atoms with Gasteiger partial charge in [0, 0.05) is 6.21 Å². The molecule has 1 nitrogen and oxygen atoms in total. The number of hydrogen-bond acceptors (Lipinski definition) is 1. The van der Waals surface area contributed by atoms with Crippen molar-refractivity contribution in [1.29, 1.82) is 0 Å². The van der Waals surface area contributed by atoms with E-state index in [1.54, 1.807) is 0 Å². The standard InChI is InChI=1S/C12H13N/c1-12(2)9-11-6-4-3-5-10(11)7-8-13-12/h3-9H,1-2H3. The van der Waals surface area contributed by atoms with Crippen LogP contribution in [0.15, 0.2) is 29.3 Å². The number of aliphatic imine (C=N–C) groups is 1. The molecule has 1 aliphatic rings. The Morgan fingerprint density at radius 2 is 1.77 bits per heavy atom. The summed E-state index contributed by atoms with van der Waals surface area (Å²) in [7, 11) is 0. The summed E-state index contributed by atoms with van der Waals surface area (Å²) < 4.78 is 0. The molecule has 0 aromatic heterocycles. The van der Waals surface area contributed by atoms with Crippen LogP contribution in [0.2, 0.25) is 0 Å². The Labute approximate surface area is 78.1 Å². The Kier molecular flexibility index (Phi) is 1.80. The third-order valence-corrected chi connectivity index (χ3v) is 2.17. The normalized spacial score (nSPS) is 18.0. The summed E-state index contributed by atoms with van der Waals surface area (Å²) in [6.07, 6.45) is 6.14. The summed E-state index contributed by atoms with van der Waals surface area (Å²) in [5, 5.41) is 2.52. The topological polar surface area (TPSA) is 12.4 Å². The number of fused-ring (bicyclic) bond motifs is 1. The highest BCUT2D eigenvalue weighted by molar-refractivity contribution is 5.92. The predicted octanol–water partition coefficient (Wildman–Crippen LogP) is 1.11. The first-order chi connectivity index (χ1) is 6.17. The maximum Gasteiger partial charge on any atom is 0.0740 e. The summed E-state index contributed by atoms with van der Waals surface area (Å²) in [4.78, 5) is 4.43. The van der Waals surface area contributed by atoms with Crippen molar-refractivity contribution in [3.63, 3.8) is 0 Å². The summed E-state index contributed by atoms with van der Waals surface area (Å²) >= 11 is 0. The third kappa shape index (κ3) is 1.69. The van der Waals surface area contributed by atoms with E-state index in [2.05, 4.69) is 55.3 Å². The predicted molar refractivity (Wildman–Crippen MR) is 57.2 cm³/mol. The Morgan fingerprint density at radius 3 is 2.54 bits per heavy atom. The highest BCUT2D eigenvalue weighted by atomic mass is 14.8. The molecular weight excluding hydrogens is 158 g/mol. The second kappa shape index (κ2) is 2.84. The number of nitrogens with zero attached hydrogens (tertiary/aromatic N) is 1. The van der Waals surface area contributed by atoms with E-state index in [4.69, 9.17) is 0 Å². The maximum absolute atomic E-state index is 4.43. The van der Waals surface area contributed by atoms with Gasteiger partial charge in [-0.1, -0.05) is 24.3 Å². The molecule has 0 radical (unpaired) electrons. The quantitative estimate of drug-likeness (QED) is 0.554. The lowest BCUT2D eigenvalue weighted by Crippen LogP contribution is -2.26. The molecule has 0 atom stereocenters. The average Bonchev–Trinajstić information content (AvgIpc) is 2.21. The van der Waals surface area contributed by atoms with E-state index in [1.165, 1.54) is 10.4 Å². The van der Waals surface area contributed by atoms with Crippen LogP contribution in [0.25, 0.3) is 12.2 Å². The van der Waals surface area contributed by atoms with Crippen LogP contribution in [-0.4, -0.2) is 11.8 Å². The monoisotopic (exact) mass is 171 g/mol. The van der Waals surface area contributed by atoms with Gasteiger partial charge in [0.15, 0.2) is 0 Å². The number of hydrogen-bond donors (Lipinski definition) is 0. The molecular formula is C12H13N. The molecule has 0 aliphatic carbocycles. The van der Waals surface area contributed by atoms with Crippen LogP contribution < -0.4 is 10.4 Å². The molecule has 0 unspecified atom stereocenters. The van der Waals surface area contributed by atoms with E-state index >= 15 is 0 Å². The fraction of sp³-hybridized carbons (Fsp3) is 0.250. The van der Waals surface area contributed by atoms with E-state index < -0.39 is 0 Å². The van der Waals surface area contributed by atoms with Crippen molar-refractivity contribution < 1.29 is 0 Å². The molecule has 1 aromatic rings. The molecule has 0 saturated carbocycles.